The fourth-order valence-corrected chi connectivity index (χ4v) is 9.58. The number of allylic oxidation sites excluding steroid dienone is 4. The van der Waals surface area contributed by atoms with Gasteiger partial charge in [-0.3, -0.25) is 9.59 Å². The Balaban J connectivity index is 1.46. The molecule has 6 rings (SSSR count). The molecule has 0 atom stereocenters. The maximum Gasteiger partial charge on any atom is 0.220 e. The molecule has 0 saturated carbocycles. The molecule has 4 aromatic heterocycles. The molecule has 0 spiro atoms. The number of nitrogens with one attached hydrogen (secondary N) is 5. The van der Waals surface area contributed by atoms with E-state index in [1.165, 1.54) is 27.8 Å². The smallest absolute Gasteiger partial charge is 0.220 e. The summed E-state index contributed by atoms with van der Waals surface area (Å²) in [6.45, 7) is 22.8. The number of hydrogen-bond donors (Lipinski definition) is 7. The Morgan fingerprint density at radius 3 is 1.59 bits per heavy atom. The van der Waals surface area contributed by atoms with E-state index >= 15 is 0 Å². The number of hydrogen-bond acceptors (Lipinski definition) is 10. The molecular formula is C54H77N9O6. The van der Waals surface area contributed by atoms with Crippen LogP contribution in [-0.2, 0) is 54.2 Å². The molecule has 69 heavy (non-hydrogen) atoms. The van der Waals surface area contributed by atoms with E-state index in [0.717, 1.165) is 109 Å². The van der Waals surface area contributed by atoms with E-state index in [0.29, 0.717) is 105 Å². The lowest BCUT2D eigenvalue weighted by atomic mass is 9.99. The third-order valence-electron chi connectivity index (χ3n) is 13.3. The van der Waals surface area contributed by atoms with Gasteiger partial charge in [0.05, 0.1) is 81.1 Å². The fraction of sp³-hybridized carbons (Fsp3) is 0.519. The summed E-state index contributed by atoms with van der Waals surface area (Å²) in [7, 11) is 0. The number of amides is 2. The van der Waals surface area contributed by atoms with Gasteiger partial charge in [0.15, 0.2) is 0 Å². The number of fused-ring (bicyclic) bond motifs is 11. The summed E-state index contributed by atoms with van der Waals surface area (Å²) in [5, 5.41) is 6.06. The van der Waals surface area contributed by atoms with Gasteiger partial charge in [-0.1, -0.05) is 27.7 Å². The topological polar surface area (TPSA) is 220 Å². The summed E-state index contributed by atoms with van der Waals surface area (Å²) in [5.74, 6) is -0.0803. The van der Waals surface area contributed by atoms with Crippen molar-refractivity contribution in [3.8, 4) is 0 Å². The summed E-state index contributed by atoms with van der Waals surface area (Å²) < 4.78 is 22.0. The molecule has 2 aliphatic rings. The van der Waals surface area contributed by atoms with Gasteiger partial charge in [0.1, 0.15) is 0 Å². The van der Waals surface area contributed by atoms with Crippen LogP contribution in [0, 0.1) is 13.8 Å². The number of aromatic nitrogens is 5. The number of carbonyl (C=O) groups is 2. The fourth-order valence-electron chi connectivity index (χ4n) is 9.58. The van der Waals surface area contributed by atoms with Crippen LogP contribution >= 0.6 is 0 Å². The second-order valence-corrected chi connectivity index (χ2v) is 17.6. The molecule has 10 bridgehead atoms. The van der Waals surface area contributed by atoms with Crippen molar-refractivity contribution in [2.75, 3.05) is 79.0 Å². The summed E-state index contributed by atoms with van der Waals surface area (Å²) in [6, 6.07) is 8.73. The molecule has 2 amide bonds. The van der Waals surface area contributed by atoms with Gasteiger partial charge in [0, 0.05) is 66.6 Å². The minimum absolute atomic E-state index is 0.0336. The molecule has 374 valence electrons. The van der Waals surface area contributed by atoms with E-state index in [1.54, 1.807) is 0 Å². The molecule has 0 aromatic carbocycles. The first-order valence-electron chi connectivity index (χ1n) is 25.1. The van der Waals surface area contributed by atoms with Crippen LogP contribution in [0.4, 0.5) is 0 Å². The van der Waals surface area contributed by atoms with Gasteiger partial charge in [-0.25, -0.2) is 9.97 Å². The highest BCUT2D eigenvalue weighted by Crippen LogP contribution is 2.39. The molecule has 0 unspecified atom stereocenters. The van der Waals surface area contributed by atoms with Crippen LogP contribution in [0.2, 0.25) is 0 Å². The van der Waals surface area contributed by atoms with Gasteiger partial charge in [0.25, 0.3) is 0 Å². The second-order valence-electron chi connectivity index (χ2n) is 17.6. The van der Waals surface area contributed by atoms with Gasteiger partial charge >= 0.3 is 0 Å². The van der Waals surface area contributed by atoms with Crippen LogP contribution < -0.4 is 22.1 Å². The van der Waals surface area contributed by atoms with E-state index in [1.807, 2.05) is 0 Å². The van der Waals surface area contributed by atoms with Crippen molar-refractivity contribution in [2.24, 2.45) is 11.5 Å². The molecule has 0 fully saturated rings. The maximum atomic E-state index is 13.3. The molecule has 6 heterocycles. The first kappa shape index (κ1) is 52.9. The molecule has 4 aromatic rings. The Hall–Kier alpha value is -5.42. The van der Waals surface area contributed by atoms with Crippen LogP contribution in [0.25, 0.3) is 55.4 Å². The van der Waals surface area contributed by atoms with Crippen LogP contribution in [0.3, 0.4) is 0 Å². The minimum Gasteiger partial charge on any atom is -0.378 e. The highest BCUT2D eigenvalue weighted by Gasteiger charge is 2.24. The molecule has 9 N–H and O–H groups in total. The number of aromatic amines is 3. The van der Waals surface area contributed by atoms with Gasteiger partial charge in [-0.15, -0.1) is 0 Å². The largest absolute Gasteiger partial charge is 0.378 e. The van der Waals surface area contributed by atoms with Crippen LogP contribution in [0.1, 0.15) is 123 Å². The second kappa shape index (κ2) is 26.0. The normalized spacial score (nSPS) is 12.7. The monoisotopic (exact) mass is 948 g/mol. The van der Waals surface area contributed by atoms with Crippen LogP contribution in [0.5, 0.6) is 0 Å². The lowest BCUT2D eigenvalue weighted by Crippen LogP contribution is -2.27. The van der Waals surface area contributed by atoms with Crippen molar-refractivity contribution < 1.29 is 28.5 Å². The van der Waals surface area contributed by atoms with E-state index in [-0.39, 0.29) is 11.8 Å². The lowest BCUT2D eigenvalue weighted by Gasteiger charge is -2.08. The van der Waals surface area contributed by atoms with Crippen LogP contribution in [0.15, 0.2) is 24.3 Å². The average molecular weight is 948 g/mol. The Labute approximate surface area is 407 Å². The van der Waals surface area contributed by atoms with Crippen molar-refractivity contribution in [3.63, 3.8) is 0 Å². The van der Waals surface area contributed by atoms with Crippen molar-refractivity contribution in [1.29, 1.82) is 0 Å². The van der Waals surface area contributed by atoms with E-state index in [2.05, 4.69) is 105 Å². The number of aryl methyl sites for hydroxylation is 6. The van der Waals surface area contributed by atoms with Gasteiger partial charge in [0.2, 0.25) is 11.8 Å². The van der Waals surface area contributed by atoms with Crippen molar-refractivity contribution in [2.45, 2.75) is 107 Å². The molecular weight excluding hydrogens is 871 g/mol. The standard InChI is InChI=1S/C54H77N9O6/c1-9-37-35(7)53-54-36(8)38(10-2)46(63-54)30-44-34(6)42(14-16-52(65)58-20-24-69-28-26-67-22-18-56)50(60-44)32-48-40(12-4)39(11-3)47(61-48)31-49-41(33(5)43(59-49)29-45(37)62-53)13-15-51(64)57-19-23-68-27-25-66-21-17-55/h29-32,59,61-62H,9-28,55-56H2,1-8H3,(H,57,64)(H,58,65). The third-order valence-corrected chi connectivity index (χ3v) is 13.3. The Morgan fingerprint density at radius 1 is 0.507 bits per heavy atom. The van der Waals surface area contributed by atoms with Gasteiger partial charge < -0.3 is 56.0 Å². The van der Waals surface area contributed by atoms with E-state index in [4.69, 9.17) is 40.4 Å². The summed E-state index contributed by atoms with van der Waals surface area (Å²) in [5.41, 5.74) is 31.9. The van der Waals surface area contributed by atoms with E-state index < -0.39 is 0 Å². The molecule has 2 aliphatic heterocycles. The third kappa shape index (κ3) is 13.1. The predicted octanol–water partition coefficient (Wildman–Crippen LogP) is 7.86. The molecule has 15 heteroatoms. The van der Waals surface area contributed by atoms with Crippen molar-refractivity contribution in [3.05, 3.63) is 80.4 Å². The molecule has 0 radical (unpaired) electrons. The zero-order valence-corrected chi connectivity index (χ0v) is 42.5. The van der Waals surface area contributed by atoms with Crippen LogP contribution in [-0.4, -0.2) is 116 Å². The molecule has 0 aliphatic carbocycles. The van der Waals surface area contributed by atoms with Crippen molar-refractivity contribution in [1.82, 2.24) is 35.6 Å². The highest BCUT2D eigenvalue weighted by molar-refractivity contribution is 5.99. The molecule has 15 nitrogen and oxygen atoms in total. The Bertz CT molecular complexity index is 2710. The van der Waals surface area contributed by atoms with Gasteiger partial charge in [-0.2, -0.15) is 0 Å². The number of nitrogens with zero attached hydrogens (tertiary/aromatic N) is 2. The predicted molar refractivity (Wildman–Crippen MR) is 280 cm³/mol. The zero-order chi connectivity index (χ0) is 49.5. The van der Waals surface area contributed by atoms with Crippen molar-refractivity contribution >= 4 is 67.2 Å². The van der Waals surface area contributed by atoms with Gasteiger partial charge in [-0.05, 0) is 146 Å². The van der Waals surface area contributed by atoms with E-state index in [9.17, 15) is 9.59 Å². The Morgan fingerprint density at radius 2 is 1.01 bits per heavy atom. The SMILES string of the molecule is CCC1=C(C)c2nc1cc1nc(cc3[nH]c(cc4[nH]c(cc5[nH]c2c(C)c5CC)c(C)c4CCC(=O)NCCOCCOCCN)c(CC)c3CC)C(CCC(=O)NCCOCCOCCN)=C1C. The average Bonchev–Trinajstić information content (AvgIpc) is 4.10. The minimum atomic E-state index is -0.0467. The molecule has 0 saturated heterocycles. The number of rotatable bonds is 26. The summed E-state index contributed by atoms with van der Waals surface area (Å²) in [6.07, 6.45) is 4.95. The first-order chi connectivity index (χ1) is 33.5. The highest BCUT2D eigenvalue weighted by atomic mass is 16.5. The number of ether oxygens (including phenoxy) is 4. The number of carbonyl (C=O) groups excluding carboxylic acids is 2. The first-order valence-corrected chi connectivity index (χ1v) is 25.1. The maximum absolute atomic E-state index is 13.3. The lowest BCUT2D eigenvalue weighted by molar-refractivity contribution is -0.122. The Kier molecular flexibility index (Phi) is 19.9. The number of nitrogens with two attached hydrogens (primary N) is 2. The summed E-state index contributed by atoms with van der Waals surface area (Å²) >= 11 is 0. The number of H-pyrrole nitrogens is 3. The zero-order valence-electron chi connectivity index (χ0n) is 42.5. The quantitative estimate of drug-likeness (QED) is 0.0302. The summed E-state index contributed by atoms with van der Waals surface area (Å²) in [4.78, 5) is 48.7.